The Labute approximate surface area is 83.2 Å². The van der Waals surface area contributed by atoms with E-state index in [4.69, 9.17) is 9.68 Å². The third-order valence-electron chi connectivity index (χ3n) is 1.24. The Kier molecular flexibility index (Phi) is 3.09. The van der Waals surface area contributed by atoms with Crippen LogP contribution >= 0.6 is 15.9 Å². The van der Waals surface area contributed by atoms with E-state index in [1.54, 1.807) is 12.1 Å². The monoisotopic (exact) mass is 243 g/mol. The quantitative estimate of drug-likeness (QED) is 0.747. The summed E-state index contributed by atoms with van der Waals surface area (Å²) in [6.07, 6.45) is -0.767. The summed E-state index contributed by atoms with van der Waals surface area (Å²) in [6.45, 7) is 1.48. The lowest BCUT2D eigenvalue weighted by Gasteiger charge is -2.02. The number of nitrogens with zero attached hydrogens (tertiary/aromatic N) is 1. The Bertz CT molecular complexity index is 353. The molecule has 1 aromatic heterocycles. The maximum atomic E-state index is 11.1. The SMILES string of the molecule is CC(C#N)OC(=O)c1ccc(Br)o1. The van der Waals surface area contributed by atoms with Gasteiger partial charge in [-0.3, -0.25) is 0 Å². The molecule has 5 heteroatoms. The molecule has 0 aliphatic rings. The first-order valence-electron chi connectivity index (χ1n) is 3.49. The van der Waals surface area contributed by atoms with E-state index in [-0.39, 0.29) is 5.76 Å². The molecule has 0 amide bonds. The van der Waals surface area contributed by atoms with Crippen LogP contribution in [0.15, 0.2) is 21.2 Å². The largest absolute Gasteiger partial charge is 0.442 e. The third-order valence-corrected chi connectivity index (χ3v) is 1.67. The van der Waals surface area contributed by atoms with Gasteiger partial charge in [-0.15, -0.1) is 0 Å². The van der Waals surface area contributed by atoms with Crippen LogP contribution in [0.5, 0.6) is 0 Å². The van der Waals surface area contributed by atoms with Crippen molar-refractivity contribution in [2.24, 2.45) is 0 Å². The summed E-state index contributed by atoms with van der Waals surface area (Å²) in [5.41, 5.74) is 0. The van der Waals surface area contributed by atoms with Crippen LogP contribution in [0.1, 0.15) is 17.5 Å². The van der Waals surface area contributed by atoms with Crippen molar-refractivity contribution >= 4 is 21.9 Å². The van der Waals surface area contributed by atoms with Crippen molar-refractivity contribution in [2.45, 2.75) is 13.0 Å². The molecule has 1 heterocycles. The number of ether oxygens (including phenoxy) is 1. The van der Waals surface area contributed by atoms with Gasteiger partial charge in [0, 0.05) is 0 Å². The number of carbonyl (C=O) groups excluding carboxylic acids is 1. The van der Waals surface area contributed by atoms with Crippen molar-refractivity contribution in [3.8, 4) is 6.07 Å². The molecule has 0 aliphatic carbocycles. The minimum atomic E-state index is -0.767. The number of esters is 1. The number of rotatable bonds is 2. The van der Waals surface area contributed by atoms with Gasteiger partial charge in [-0.1, -0.05) is 0 Å². The molecule has 0 N–H and O–H groups in total. The molecule has 0 aliphatic heterocycles. The van der Waals surface area contributed by atoms with E-state index in [0.717, 1.165) is 0 Å². The number of furan rings is 1. The summed E-state index contributed by atoms with van der Waals surface area (Å²) < 4.78 is 10.1. The first kappa shape index (κ1) is 9.81. The molecule has 0 saturated carbocycles. The topological polar surface area (TPSA) is 63.2 Å². The predicted molar refractivity (Wildman–Crippen MR) is 46.9 cm³/mol. The molecule has 13 heavy (non-hydrogen) atoms. The number of carbonyl (C=O) groups is 1. The highest BCUT2D eigenvalue weighted by Gasteiger charge is 2.14. The fourth-order valence-electron chi connectivity index (χ4n) is 0.669. The summed E-state index contributed by atoms with van der Waals surface area (Å²) in [5, 5.41) is 8.37. The molecule has 1 rings (SSSR count). The molecular formula is C8H6BrNO3. The van der Waals surface area contributed by atoms with Gasteiger partial charge in [0.05, 0.1) is 0 Å². The fourth-order valence-corrected chi connectivity index (χ4v) is 0.976. The number of nitriles is 1. The fraction of sp³-hybridized carbons (Fsp3) is 0.250. The lowest BCUT2D eigenvalue weighted by atomic mass is 10.4. The van der Waals surface area contributed by atoms with Crippen molar-refractivity contribution in [1.82, 2.24) is 0 Å². The van der Waals surface area contributed by atoms with E-state index in [0.29, 0.717) is 4.67 Å². The maximum Gasteiger partial charge on any atom is 0.375 e. The van der Waals surface area contributed by atoms with Crippen LogP contribution < -0.4 is 0 Å². The number of hydrogen-bond acceptors (Lipinski definition) is 4. The molecule has 1 atom stereocenters. The van der Waals surface area contributed by atoms with E-state index in [9.17, 15) is 4.79 Å². The second-order valence-corrected chi connectivity index (χ2v) is 3.06. The molecule has 1 unspecified atom stereocenters. The van der Waals surface area contributed by atoms with Crippen molar-refractivity contribution in [1.29, 1.82) is 5.26 Å². The zero-order valence-corrected chi connectivity index (χ0v) is 8.37. The van der Waals surface area contributed by atoms with E-state index in [1.165, 1.54) is 13.0 Å². The van der Waals surface area contributed by atoms with E-state index in [1.807, 2.05) is 0 Å². The molecule has 0 radical (unpaired) electrons. The lowest BCUT2D eigenvalue weighted by molar-refractivity contribution is 0.0397. The highest BCUT2D eigenvalue weighted by molar-refractivity contribution is 9.10. The number of hydrogen-bond donors (Lipinski definition) is 0. The van der Waals surface area contributed by atoms with Crippen LogP contribution in [0.25, 0.3) is 0 Å². The average molecular weight is 244 g/mol. The van der Waals surface area contributed by atoms with Gasteiger partial charge in [0.2, 0.25) is 5.76 Å². The van der Waals surface area contributed by atoms with Crippen molar-refractivity contribution in [3.63, 3.8) is 0 Å². The molecular weight excluding hydrogens is 238 g/mol. The highest BCUT2D eigenvalue weighted by Crippen LogP contribution is 2.15. The Balaban J connectivity index is 2.65. The predicted octanol–water partition coefficient (Wildman–Crippen LogP) is 2.11. The van der Waals surface area contributed by atoms with Gasteiger partial charge >= 0.3 is 5.97 Å². The van der Waals surface area contributed by atoms with E-state index in [2.05, 4.69) is 20.7 Å². The molecule has 0 spiro atoms. The molecule has 4 nitrogen and oxygen atoms in total. The summed E-state index contributed by atoms with van der Waals surface area (Å²) in [5.74, 6) is -0.561. The molecule has 0 bridgehead atoms. The normalized spacial score (nSPS) is 11.8. The highest BCUT2D eigenvalue weighted by atomic mass is 79.9. The third kappa shape index (κ3) is 2.60. The Morgan fingerprint density at radius 2 is 2.46 bits per heavy atom. The minimum absolute atomic E-state index is 0.0778. The van der Waals surface area contributed by atoms with Gasteiger partial charge in [0.1, 0.15) is 6.07 Å². The minimum Gasteiger partial charge on any atom is -0.442 e. The van der Waals surface area contributed by atoms with Gasteiger partial charge in [-0.25, -0.2) is 4.79 Å². The van der Waals surface area contributed by atoms with Gasteiger partial charge in [0.15, 0.2) is 10.8 Å². The van der Waals surface area contributed by atoms with Gasteiger partial charge in [0.25, 0.3) is 0 Å². The van der Waals surface area contributed by atoms with Gasteiger partial charge in [-0.2, -0.15) is 5.26 Å². The van der Waals surface area contributed by atoms with E-state index < -0.39 is 12.1 Å². The zero-order chi connectivity index (χ0) is 9.84. The van der Waals surface area contributed by atoms with Gasteiger partial charge < -0.3 is 9.15 Å². The molecule has 68 valence electrons. The summed E-state index contributed by atoms with van der Waals surface area (Å²) in [7, 11) is 0. The smallest absolute Gasteiger partial charge is 0.375 e. The van der Waals surface area contributed by atoms with Crippen molar-refractivity contribution in [3.05, 3.63) is 22.6 Å². The zero-order valence-electron chi connectivity index (χ0n) is 6.78. The van der Waals surface area contributed by atoms with Crippen LogP contribution in [0.2, 0.25) is 0 Å². The second kappa shape index (κ2) is 4.10. The maximum absolute atomic E-state index is 11.1. The van der Waals surface area contributed by atoms with Gasteiger partial charge in [-0.05, 0) is 35.0 Å². The molecule has 0 fully saturated rings. The molecule has 1 aromatic rings. The van der Waals surface area contributed by atoms with Crippen LogP contribution in [-0.4, -0.2) is 12.1 Å². The summed E-state index contributed by atoms with van der Waals surface area (Å²) in [6, 6.07) is 4.82. The standard InChI is InChI=1S/C8H6BrNO3/c1-5(4-10)12-8(11)6-2-3-7(9)13-6/h2-3,5H,1H3. The van der Waals surface area contributed by atoms with Crippen LogP contribution in [0, 0.1) is 11.3 Å². The molecule has 0 aromatic carbocycles. The Morgan fingerprint density at radius 1 is 1.77 bits per heavy atom. The first-order chi connectivity index (χ1) is 6.13. The Hall–Kier alpha value is -1.28. The summed E-state index contributed by atoms with van der Waals surface area (Å²) in [4.78, 5) is 11.1. The van der Waals surface area contributed by atoms with Crippen molar-refractivity contribution < 1.29 is 13.9 Å². The second-order valence-electron chi connectivity index (χ2n) is 2.28. The van der Waals surface area contributed by atoms with Crippen molar-refractivity contribution in [2.75, 3.05) is 0 Å². The lowest BCUT2D eigenvalue weighted by Crippen LogP contribution is -2.12. The average Bonchev–Trinajstić information content (AvgIpc) is 2.51. The first-order valence-corrected chi connectivity index (χ1v) is 4.28. The van der Waals surface area contributed by atoms with Crippen LogP contribution in [0.4, 0.5) is 0 Å². The Morgan fingerprint density at radius 3 is 2.92 bits per heavy atom. The van der Waals surface area contributed by atoms with E-state index >= 15 is 0 Å². The molecule has 0 saturated heterocycles. The van der Waals surface area contributed by atoms with Crippen LogP contribution in [-0.2, 0) is 4.74 Å². The number of halogens is 1. The van der Waals surface area contributed by atoms with Crippen LogP contribution in [0.3, 0.4) is 0 Å². The summed E-state index contributed by atoms with van der Waals surface area (Å²) >= 11 is 3.04.